The highest BCUT2D eigenvalue weighted by atomic mass is 32.2. The van der Waals surface area contributed by atoms with Crippen LogP contribution in [0.1, 0.15) is 6.42 Å². The van der Waals surface area contributed by atoms with Crippen LogP contribution in [0, 0.1) is 0 Å². The Labute approximate surface area is 40.4 Å². The maximum atomic E-state index is 4.95. The van der Waals surface area contributed by atoms with Crippen molar-refractivity contribution in [2.45, 2.75) is 6.42 Å². The molecule has 0 aromatic heterocycles. The molecule has 0 fully saturated rings. The molecular weight excluding hydrogens is 96.1 g/mol. The van der Waals surface area contributed by atoms with Gasteiger partial charge in [-0.3, -0.25) is 0 Å². The molecule has 0 aromatic carbocycles. The summed E-state index contributed by atoms with van der Waals surface area (Å²) in [6, 6.07) is 0. The molecule has 2 aliphatic heterocycles. The molecule has 0 N–H and O–H groups in total. The van der Waals surface area contributed by atoms with Crippen molar-refractivity contribution in [1.82, 2.24) is 0 Å². The topological polar surface area (TPSA) is 12.5 Å². The molecule has 0 bridgehead atoms. The van der Waals surface area contributed by atoms with Crippen LogP contribution in [0.4, 0.5) is 0 Å². The summed E-state index contributed by atoms with van der Waals surface area (Å²) in [7, 11) is 0. The normalized spacial score (nSPS) is 26.7. The molecule has 1 nitrogen and oxygen atoms in total. The quantitative estimate of drug-likeness (QED) is 0.455. The Hall–Kier alpha value is -0.110. The monoisotopic (exact) mass is 100.0 g/mol. The number of thioether (sulfide) groups is 1. The van der Waals surface area contributed by atoms with E-state index in [1.54, 1.807) is 0 Å². The standard InChI is InChI=1S/C4H4OS/c1-2-6-4-3(1)5-4/h1-2H2. The molecule has 2 heterocycles. The van der Waals surface area contributed by atoms with Crippen LogP contribution in [0.5, 0.6) is 0 Å². The zero-order valence-corrected chi connectivity index (χ0v) is 4.05. The molecule has 0 aromatic rings. The Bertz CT molecular complexity index is 105. The Morgan fingerprint density at radius 2 is 2.67 bits per heavy atom. The average molecular weight is 100 g/mol. The molecule has 6 heavy (non-hydrogen) atoms. The first-order valence-electron chi connectivity index (χ1n) is 2.00. The summed E-state index contributed by atoms with van der Waals surface area (Å²) in [6.07, 6.45) is 1.18. The van der Waals surface area contributed by atoms with Gasteiger partial charge in [-0.2, -0.15) is 0 Å². The van der Waals surface area contributed by atoms with Crippen molar-refractivity contribution in [1.29, 1.82) is 0 Å². The summed E-state index contributed by atoms with van der Waals surface area (Å²) in [4.78, 5) is 0. The molecule has 2 aliphatic rings. The Kier molecular flexibility index (Phi) is 0.374. The van der Waals surface area contributed by atoms with Gasteiger partial charge in [0.2, 0.25) is 0 Å². The van der Waals surface area contributed by atoms with Crippen molar-refractivity contribution in [3.05, 3.63) is 10.9 Å². The van der Waals surface area contributed by atoms with Crippen LogP contribution in [0.15, 0.2) is 10.9 Å². The number of hydrogen-bond donors (Lipinski definition) is 0. The fourth-order valence-corrected chi connectivity index (χ4v) is 1.48. The van der Waals surface area contributed by atoms with Gasteiger partial charge in [0.25, 0.3) is 0 Å². The molecule has 0 radical (unpaired) electrons. The van der Waals surface area contributed by atoms with Crippen molar-refractivity contribution in [3.8, 4) is 0 Å². The van der Waals surface area contributed by atoms with E-state index in [9.17, 15) is 0 Å². The largest absolute Gasteiger partial charge is 0.447 e. The third-order valence-electron chi connectivity index (χ3n) is 0.964. The van der Waals surface area contributed by atoms with Crippen LogP contribution >= 0.6 is 11.8 Å². The highest BCUT2D eigenvalue weighted by Gasteiger charge is 2.30. The third kappa shape index (κ3) is 0.230. The summed E-state index contributed by atoms with van der Waals surface area (Å²) < 4.78 is 4.95. The maximum Gasteiger partial charge on any atom is 0.198 e. The lowest BCUT2D eigenvalue weighted by Crippen LogP contribution is -1.71. The van der Waals surface area contributed by atoms with Gasteiger partial charge in [-0.1, -0.05) is 11.8 Å². The summed E-state index contributed by atoms with van der Waals surface area (Å²) in [5.74, 6) is 2.50. The van der Waals surface area contributed by atoms with Crippen LogP contribution in [0.2, 0.25) is 0 Å². The van der Waals surface area contributed by atoms with E-state index in [1.165, 1.54) is 23.0 Å². The van der Waals surface area contributed by atoms with Crippen LogP contribution in [0.3, 0.4) is 0 Å². The summed E-state index contributed by atoms with van der Waals surface area (Å²) in [5.41, 5.74) is 0. The molecule has 0 amide bonds. The molecule has 0 unspecified atom stereocenters. The van der Waals surface area contributed by atoms with E-state index in [-0.39, 0.29) is 0 Å². The lowest BCUT2D eigenvalue weighted by atomic mass is 10.5. The maximum absolute atomic E-state index is 4.95. The van der Waals surface area contributed by atoms with E-state index < -0.39 is 0 Å². The van der Waals surface area contributed by atoms with Gasteiger partial charge < -0.3 is 4.74 Å². The Balaban J connectivity index is 2.29. The highest BCUT2D eigenvalue weighted by molar-refractivity contribution is 8.03. The Morgan fingerprint density at radius 3 is 2.83 bits per heavy atom. The Morgan fingerprint density at radius 1 is 1.67 bits per heavy atom. The minimum Gasteiger partial charge on any atom is -0.447 e. The van der Waals surface area contributed by atoms with Crippen molar-refractivity contribution in [2.75, 3.05) is 5.75 Å². The minimum absolute atomic E-state index is 1.18. The van der Waals surface area contributed by atoms with Gasteiger partial charge in [-0.25, -0.2) is 0 Å². The zero-order valence-electron chi connectivity index (χ0n) is 3.23. The summed E-state index contributed by atoms with van der Waals surface area (Å²) in [5, 5.41) is 1.20. The van der Waals surface area contributed by atoms with Crippen molar-refractivity contribution >= 4 is 11.8 Å². The zero-order chi connectivity index (χ0) is 3.98. The first-order chi connectivity index (χ1) is 2.97. The average Bonchev–Trinajstić information content (AvgIpc) is 2.17. The van der Waals surface area contributed by atoms with Gasteiger partial charge in [-0.15, -0.1) is 0 Å². The highest BCUT2D eigenvalue weighted by Crippen LogP contribution is 2.45. The van der Waals surface area contributed by atoms with E-state index in [1.807, 2.05) is 11.8 Å². The van der Waals surface area contributed by atoms with Crippen molar-refractivity contribution in [2.24, 2.45) is 0 Å². The second-order valence-electron chi connectivity index (χ2n) is 1.41. The van der Waals surface area contributed by atoms with Crippen LogP contribution in [0.25, 0.3) is 0 Å². The van der Waals surface area contributed by atoms with Gasteiger partial charge >= 0.3 is 0 Å². The molecular formula is C4H4OS. The fourth-order valence-electron chi connectivity index (χ4n) is 0.586. The van der Waals surface area contributed by atoms with Gasteiger partial charge in [0.05, 0.1) is 0 Å². The van der Waals surface area contributed by atoms with E-state index in [0.717, 1.165) is 0 Å². The van der Waals surface area contributed by atoms with Crippen LogP contribution in [-0.2, 0) is 4.74 Å². The number of rotatable bonds is 0. The molecule has 32 valence electrons. The van der Waals surface area contributed by atoms with Gasteiger partial charge in [0.15, 0.2) is 10.9 Å². The minimum atomic E-state index is 1.18. The second kappa shape index (κ2) is 0.757. The third-order valence-corrected chi connectivity index (χ3v) is 1.95. The smallest absolute Gasteiger partial charge is 0.198 e. The number of ether oxygens (including phenoxy) is 1. The van der Waals surface area contributed by atoms with Gasteiger partial charge in [-0.05, 0) is 0 Å². The molecule has 0 saturated carbocycles. The number of hydrogen-bond acceptors (Lipinski definition) is 2. The van der Waals surface area contributed by atoms with E-state index >= 15 is 0 Å². The van der Waals surface area contributed by atoms with Crippen molar-refractivity contribution in [3.63, 3.8) is 0 Å². The van der Waals surface area contributed by atoms with Gasteiger partial charge in [0.1, 0.15) is 0 Å². The summed E-state index contributed by atoms with van der Waals surface area (Å²) in [6.45, 7) is 0. The van der Waals surface area contributed by atoms with Gasteiger partial charge in [0, 0.05) is 12.2 Å². The van der Waals surface area contributed by atoms with E-state index in [2.05, 4.69) is 0 Å². The fraction of sp³-hybridized carbons (Fsp3) is 0.500. The molecule has 2 heteroatoms. The SMILES string of the molecule is C1CC2=C(O2)S1. The first kappa shape index (κ1) is 2.97. The summed E-state index contributed by atoms with van der Waals surface area (Å²) >= 11 is 1.83. The first-order valence-corrected chi connectivity index (χ1v) is 2.99. The molecule has 0 atom stereocenters. The molecule has 0 saturated heterocycles. The lowest BCUT2D eigenvalue weighted by Gasteiger charge is -1.86. The molecule has 0 aliphatic carbocycles. The molecule has 2 rings (SSSR count). The second-order valence-corrected chi connectivity index (χ2v) is 2.48. The predicted octanol–water partition coefficient (Wildman–Crippen LogP) is 1.32. The van der Waals surface area contributed by atoms with Crippen LogP contribution < -0.4 is 0 Å². The van der Waals surface area contributed by atoms with E-state index in [0.29, 0.717) is 0 Å². The predicted molar refractivity (Wildman–Crippen MR) is 25.2 cm³/mol. The van der Waals surface area contributed by atoms with E-state index in [4.69, 9.17) is 4.74 Å². The number of allylic oxidation sites excluding steroid dienone is 1. The molecule has 0 spiro atoms. The van der Waals surface area contributed by atoms with Crippen molar-refractivity contribution < 1.29 is 4.74 Å². The lowest BCUT2D eigenvalue weighted by molar-refractivity contribution is 0.475. The van der Waals surface area contributed by atoms with Crippen LogP contribution in [-0.4, -0.2) is 5.75 Å².